The normalized spacial score (nSPS) is 18.1. The fourth-order valence-corrected chi connectivity index (χ4v) is 5.52. The Balaban J connectivity index is 1.50. The monoisotopic (exact) mass is 420 g/mol. The van der Waals surface area contributed by atoms with Crippen LogP contribution in [-0.4, -0.2) is 45.1 Å². The van der Waals surface area contributed by atoms with Crippen molar-refractivity contribution in [3.63, 3.8) is 0 Å². The number of rotatable bonds is 5. The molecule has 31 heavy (non-hydrogen) atoms. The molecule has 1 aromatic carbocycles. The maximum absolute atomic E-state index is 15.6. The van der Waals surface area contributed by atoms with E-state index in [0.717, 1.165) is 42.6 Å². The van der Waals surface area contributed by atoms with E-state index in [4.69, 9.17) is 4.74 Å². The van der Waals surface area contributed by atoms with Crippen LogP contribution >= 0.6 is 0 Å². The van der Waals surface area contributed by atoms with Crippen LogP contribution in [0.5, 0.6) is 6.01 Å². The van der Waals surface area contributed by atoms with E-state index in [1.54, 1.807) is 12.4 Å². The molecule has 5 rings (SSSR count). The fourth-order valence-electron chi connectivity index (χ4n) is 5.52. The predicted octanol–water partition coefficient (Wildman–Crippen LogP) is 5.27. The van der Waals surface area contributed by atoms with Crippen molar-refractivity contribution in [3.8, 4) is 17.3 Å². The van der Waals surface area contributed by atoms with Crippen LogP contribution in [0.15, 0.2) is 30.6 Å². The van der Waals surface area contributed by atoms with Gasteiger partial charge in [-0.05, 0) is 62.7 Å². The predicted molar refractivity (Wildman–Crippen MR) is 120 cm³/mol. The number of ether oxygens (including phenoxy) is 1. The highest BCUT2D eigenvalue weighted by Gasteiger charge is 2.45. The molecule has 0 bridgehead atoms. The molecule has 0 unspecified atom stereocenters. The Morgan fingerprint density at radius 2 is 1.87 bits per heavy atom. The van der Waals surface area contributed by atoms with E-state index < -0.39 is 5.82 Å². The first-order valence-corrected chi connectivity index (χ1v) is 11.3. The van der Waals surface area contributed by atoms with Crippen molar-refractivity contribution in [2.45, 2.75) is 57.9 Å². The number of hydrogen-bond acceptors (Lipinski definition) is 5. The number of benzene rings is 1. The molecule has 3 aromatic rings. The van der Waals surface area contributed by atoms with Crippen LogP contribution in [-0.2, 0) is 0 Å². The van der Waals surface area contributed by atoms with Gasteiger partial charge < -0.3 is 4.74 Å². The third kappa shape index (κ3) is 3.47. The van der Waals surface area contributed by atoms with Crippen LogP contribution < -0.4 is 4.74 Å². The molecule has 2 aliphatic heterocycles. The van der Waals surface area contributed by atoms with E-state index in [1.807, 2.05) is 12.1 Å². The van der Waals surface area contributed by atoms with Gasteiger partial charge in [-0.3, -0.25) is 9.88 Å². The zero-order chi connectivity index (χ0) is 21.6. The Kier molecular flexibility index (Phi) is 5.13. The molecule has 0 radical (unpaired) electrons. The summed E-state index contributed by atoms with van der Waals surface area (Å²) in [6.07, 6.45) is 7.97. The molecule has 0 saturated carbocycles. The molecule has 4 heterocycles. The number of halogens is 1. The number of aromatic nitrogens is 3. The minimum Gasteiger partial charge on any atom is -0.461 e. The first-order valence-electron chi connectivity index (χ1n) is 11.3. The largest absolute Gasteiger partial charge is 0.461 e. The van der Waals surface area contributed by atoms with Crippen LogP contribution in [0.4, 0.5) is 4.39 Å². The Hall–Kier alpha value is -2.60. The van der Waals surface area contributed by atoms with Gasteiger partial charge in [0.05, 0.1) is 5.54 Å². The number of fused-ring (bicyclic) bond motifs is 2. The topological polar surface area (TPSA) is 51.1 Å². The maximum Gasteiger partial charge on any atom is 0.317 e. The molecule has 0 N–H and O–H groups in total. The standard InChI is InChI=1S/C25H29FN4O/c1-16(2)20-17(3)7-4-8-19(20)23-21(26)22-18(13-27-23)14-28-24(29-22)31-15-25-9-5-11-30(25)12-6-10-25/h4,7-8,13-14,16H,5-6,9-12,15H2,1-3H3. The third-order valence-corrected chi connectivity index (χ3v) is 6.98. The summed E-state index contributed by atoms with van der Waals surface area (Å²) < 4.78 is 21.7. The molecule has 0 amide bonds. The molecule has 6 heteroatoms. The number of aryl methyl sites for hydroxylation is 1. The van der Waals surface area contributed by atoms with Crippen LogP contribution in [0.1, 0.15) is 56.6 Å². The van der Waals surface area contributed by atoms with Gasteiger partial charge in [0.2, 0.25) is 0 Å². The fraction of sp³-hybridized carbons (Fsp3) is 0.480. The van der Waals surface area contributed by atoms with E-state index in [2.05, 4.69) is 46.7 Å². The van der Waals surface area contributed by atoms with Gasteiger partial charge in [0, 0.05) is 23.3 Å². The first kappa shape index (κ1) is 20.3. The van der Waals surface area contributed by atoms with Crippen molar-refractivity contribution in [1.82, 2.24) is 19.9 Å². The minimum atomic E-state index is -0.418. The second kappa shape index (κ2) is 7.83. The molecule has 0 spiro atoms. The lowest BCUT2D eigenvalue weighted by Gasteiger charge is -2.31. The SMILES string of the molecule is Cc1cccc(-c2ncc3cnc(OCC45CCCN4CCC5)nc3c2F)c1C(C)C. The second-order valence-corrected chi connectivity index (χ2v) is 9.28. The molecule has 2 saturated heterocycles. The van der Waals surface area contributed by atoms with E-state index in [9.17, 15) is 0 Å². The Morgan fingerprint density at radius 3 is 2.61 bits per heavy atom. The van der Waals surface area contributed by atoms with Crippen molar-refractivity contribution in [2.75, 3.05) is 19.7 Å². The van der Waals surface area contributed by atoms with Crippen LogP contribution in [0.25, 0.3) is 22.2 Å². The average Bonchev–Trinajstić information content (AvgIpc) is 3.33. The summed E-state index contributed by atoms with van der Waals surface area (Å²) >= 11 is 0. The van der Waals surface area contributed by atoms with Crippen LogP contribution in [0.3, 0.4) is 0 Å². The maximum atomic E-state index is 15.6. The summed E-state index contributed by atoms with van der Waals surface area (Å²) in [5.74, 6) is -0.156. The van der Waals surface area contributed by atoms with Gasteiger partial charge in [0.1, 0.15) is 17.8 Å². The van der Waals surface area contributed by atoms with Crippen molar-refractivity contribution in [1.29, 1.82) is 0 Å². The highest BCUT2D eigenvalue weighted by Crippen LogP contribution is 2.39. The van der Waals surface area contributed by atoms with Gasteiger partial charge in [-0.15, -0.1) is 0 Å². The summed E-state index contributed by atoms with van der Waals surface area (Å²) in [4.78, 5) is 15.8. The van der Waals surface area contributed by atoms with Crippen LogP contribution in [0.2, 0.25) is 0 Å². The van der Waals surface area contributed by atoms with E-state index in [1.165, 1.54) is 12.8 Å². The zero-order valence-corrected chi connectivity index (χ0v) is 18.5. The molecule has 2 aromatic heterocycles. The van der Waals surface area contributed by atoms with Gasteiger partial charge in [0.15, 0.2) is 5.82 Å². The zero-order valence-electron chi connectivity index (χ0n) is 18.5. The lowest BCUT2D eigenvalue weighted by molar-refractivity contribution is 0.107. The molecular formula is C25H29FN4O. The molecule has 162 valence electrons. The molecular weight excluding hydrogens is 391 g/mol. The summed E-state index contributed by atoms with van der Waals surface area (Å²) in [7, 11) is 0. The van der Waals surface area contributed by atoms with E-state index in [-0.39, 0.29) is 23.0 Å². The van der Waals surface area contributed by atoms with Gasteiger partial charge >= 0.3 is 6.01 Å². The lowest BCUT2D eigenvalue weighted by Crippen LogP contribution is -2.43. The van der Waals surface area contributed by atoms with Gasteiger partial charge in [0.25, 0.3) is 0 Å². The van der Waals surface area contributed by atoms with Gasteiger partial charge in [-0.1, -0.05) is 32.0 Å². The van der Waals surface area contributed by atoms with Crippen molar-refractivity contribution >= 4 is 10.9 Å². The number of pyridine rings is 1. The number of hydrogen-bond donors (Lipinski definition) is 0. The summed E-state index contributed by atoms with van der Waals surface area (Å²) in [5, 5.41) is 0.578. The quantitative estimate of drug-likeness (QED) is 0.563. The highest BCUT2D eigenvalue weighted by molar-refractivity contribution is 5.83. The average molecular weight is 421 g/mol. The Morgan fingerprint density at radius 1 is 1.13 bits per heavy atom. The lowest BCUT2D eigenvalue weighted by atomic mass is 9.90. The summed E-state index contributed by atoms with van der Waals surface area (Å²) in [6, 6.07) is 6.18. The first-order chi connectivity index (χ1) is 15.0. The number of nitrogens with zero attached hydrogens (tertiary/aromatic N) is 4. The molecule has 5 nitrogen and oxygen atoms in total. The van der Waals surface area contributed by atoms with Gasteiger partial charge in [-0.25, -0.2) is 9.37 Å². The molecule has 0 atom stereocenters. The molecule has 2 fully saturated rings. The Labute approximate surface area is 182 Å². The van der Waals surface area contributed by atoms with Crippen LogP contribution in [0, 0.1) is 12.7 Å². The van der Waals surface area contributed by atoms with Crippen molar-refractivity contribution < 1.29 is 9.13 Å². The Bertz CT molecular complexity index is 1120. The van der Waals surface area contributed by atoms with Crippen molar-refractivity contribution in [3.05, 3.63) is 47.5 Å². The highest BCUT2D eigenvalue weighted by atomic mass is 19.1. The smallest absolute Gasteiger partial charge is 0.317 e. The third-order valence-electron chi connectivity index (χ3n) is 6.98. The second-order valence-electron chi connectivity index (χ2n) is 9.28. The van der Waals surface area contributed by atoms with Gasteiger partial charge in [-0.2, -0.15) is 4.98 Å². The van der Waals surface area contributed by atoms with Crippen molar-refractivity contribution in [2.24, 2.45) is 0 Å². The van der Waals surface area contributed by atoms with E-state index in [0.29, 0.717) is 17.7 Å². The molecule has 0 aliphatic carbocycles. The summed E-state index contributed by atoms with van der Waals surface area (Å²) in [5.41, 5.74) is 3.77. The summed E-state index contributed by atoms with van der Waals surface area (Å²) in [6.45, 7) is 9.13. The molecule has 2 aliphatic rings. The minimum absolute atomic E-state index is 0.105. The van der Waals surface area contributed by atoms with E-state index >= 15 is 4.39 Å².